The Kier molecular flexibility index (Phi) is 11.3. The molecular formula is C32H37Cl2N3O5S. The molecule has 1 aliphatic rings. The Morgan fingerprint density at radius 3 is 2.05 bits per heavy atom. The summed E-state index contributed by atoms with van der Waals surface area (Å²) in [6, 6.07) is 18.6. The number of hydrogen-bond acceptors (Lipinski definition) is 5. The van der Waals surface area contributed by atoms with Crippen molar-refractivity contribution in [2.45, 2.75) is 69.5 Å². The molecule has 0 aromatic heterocycles. The number of rotatable bonds is 13. The topological polar surface area (TPSA) is 96.0 Å². The van der Waals surface area contributed by atoms with Gasteiger partial charge in [0, 0.05) is 22.6 Å². The van der Waals surface area contributed by atoms with Crippen LogP contribution in [-0.4, -0.2) is 50.4 Å². The van der Waals surface area contributed by atoms with E-state index in [9.17, 15) is 18.0 Å². The van der Waals surface area contributed by atoms with E-state index in [1.54, 1.807) is 48.5 Å². The van der Waals surface area contributed by atoms with Crippen LogP contribution in [0.5, 0.6) is 5.75 Å². The van der Waals surface area contributed by atoms with E-state index in [1.807, 2.05) is 13.8 Å². The van der Waals surface area contributed by atoms with Crippen LogP contribution in [0.25, 0.3) is 0 Å². The molecule has 0 bridgehead atoms. The third-order valence-corrected chi connectivity index (χ3v) is 9.76. The maximum Gasteiger partial charge on any atom is 0.264 e. The van der Waals surface area contributed by atoms with Crippen molar-refractivity contribution in [2.75, 3.05) is 17.5 Å². The van der Waals surface area contributed by atoms with Crippen LogP contribution in [0, 0.1) is 0 Å². The number of carbonyl (C=O) groups is 2. The molecule has 1 aliphatic carbocycles. The summed E-state index contributed by atoms with van der Waals surface area (Å²) in [6.07, 6.45) is 4.25. The largest absolute Gasteiger partial charge is 0.494 e. The van der Waals surface area contributed by atoms with E-state index >= 15 is 0 Å². The normalized spacial score (nSPS) is 14.2. The lowest BCUT2D eigenvalue weighted by molar-refractivity contribution is -0.140. The lowest BCUT2D eigenvalue weighted by Gasteiger charge is -2.33. The Morgan fingerprint density at radius 1 is 0.907 bits per heavy atom. The predicted molar refractivity (Wildman–Crippen MR) is 170 cm³/mol. The second-order valence-corrected chi connectivity index (χ2v) is 13.2. The lowest BCUT2D eigenvalue weighted by Crippen LogP contribution is -2.53. The van der Waals surface area contributed by atoms with Gasteiger partial charge in [0.25, 0.3) is 10.0 Å². The molecule has 0 heterocycles. The quantitative estimate of drug-likeness (QED) is 0.230. The second kappa shape index (κ2) is 14.9. The van der Waals surface area contributed by atoms with Crippen LogP contribution in [0.15, 0.2) is 77.7 Å². The third kappa shape index (κ3) is 8.43. The zero-order chi connectivity index (χ0) is 31.0. The molecule has 3 aromatic carbocycles. The minimum Gasteiger partial charge on any atom is -0.494 e. The number of ether oxygens (including phenoxy) is 1. The van der Waals surface area contributed by atoms with Crippen molar-refractivity contribution in [2.24, 2.45) is 0 Å². The summed E-state index contributed by atoms with van der Waals surface area (Å²) in [5, 5.41) is 4.04. The first-order valence-electron chi connectivity index (χ1n) is 14.5. The molecule has 43 heavy (non-hydrogen) atoms. The summed E-state index contributed by atoms with van der Waals surface area (Å²) in [5.74, 6) is -0.194. The van der Waals surface area contributed by atoms with Crippen molar-refractivity contribution in [3.8, 4) is 5.75 Å². The van der Waals surface area contributed by atoms with Gasteiger partial charge in [-0.25, -0.2) is 8.42 Å². The highest BCUT2D eigenvalue weighted by atomic mass is 35.5. The van der Waals surface area contributed by atoms with Crippen molar-refractivity contribution < 1.29 is 22.7 Å². The van der Waals surface area contributed by atoms with E-state index in [4.69, 9.17) is 27.9 Å². The molecular weight excluding hydrogens is 609 g/mol. The standard InChI is InChI=1S/C32H37Cl2N3O5S/c1-3-30(32(39)35-26-7-5-6-8-26)36(21-23-9-11-24(33)12-10-23)31(38)22-37(27-15-17-28(18-16-27)42-4-2)43(40,41)29-19-13-25(34)14-20-29/h9-20,26,30H,3-8,21-22H2,1-2H3,(H,35,39)/t30-/m0/s1. The Morgan fingerprint density at radius 2 is 1.49 bits per heavy atom. The molecule has 1 N–H and O–H groups in total. The monoisotopic (exact) mass is 645 g/mol. The predicted octanol–water partition coefficient (Wildman–Crippen LogP) is 6.45. The number of halogens is 2. The van der Waals surface area contributed by atoms with Gasteiger partial charge in [-0.3, -0.25) is 13.9 Å². The van der Waals surface area contributed by atoms with Gasteiger partial charge in [0.2, 0.25) is 11.8 Å². The van der Waals surface area contributed by atoms with Crippen molar-refractivity contribution in [1.82, 2.24) is 10.2 Å². The van der Waals surface area contributed by atoms with Gasteiger partial charge in [0.1, 0.15) is 18.3 Å². The second-order valence-electron chi connectivity index (χ2n) is 10.5. The lowest BCUT2D eigenvalue weighted by atomic mass is 10.1. The van der Waals surface area contributed by atoms with Gasteiger partial charge in [0.05, 0.1) is 17.2 Å². The molecule has 0 spiro atoms. The smallest absolute Gasteiger partial charge is 0.264 e. The molecule has 4 rings (SSSR count). The Labute approximate surface area is 264 Å². The summed E-state index contributed by atoms with van der Waals surface area (Å²) in [5.41, 5.74) is 1.04. The van der Waals surface area contributed by atoms with Crippen molar-refractivity contribution >= 4 is 50.7 Å². The van der Waals surface area contributed by atoms with Gasteiger partial charge in [-0.1, -0.05) is 55.1 Å². The fraction of sp³-hybridized carbons (Fsp3) is 0.375. The Balaban J connectivity index is 1.71. The molecule has 1 fully saturated rings. The summed E-state index contributed by atoms with van der Waals surface area (Å²) in [4.78, 5) is 29.2. The number of anilines is 1. The average molecular weight is 647 g/mol. The molecule has 0 radical (unpaired) electrons. The summed E-state index contributed by atoms with van der Waals surface area (Å²) >= 11 is 12.1. The van der Waals surface area contributed by atoms with Crippen molar-refractivity contribution in [1.29, 1.82) is 0 Å². The van der Waals surface area contributed by atoms with Gasteiger partial charge >= 0.3 is 0 Å². The van der Waals surface area contributed by atoms with Crippen LogP contribution >= 0.6 is 23.2 Å². The van der Waals surface area contributed by atoms with Gasteiger partial charge < -0.3 is 15.0 Å². The van der Waals surface area contributed by atoms with E-state index in [0.717, 1.165) is 35.6 Å². The first-order valence-corrected chi connectivity index (χ1v) is 16.7. The van der Waals surface area contributed by atoms with Crippen molar-refractivity contribution in [3.63, 3.8) is 0 Å². The zero-order valence-electron chi connectivity index (χ0n) is 24.3. The Hall–Kier alpha value is -3.27. The van der Waals surface area contributed by atoms with Crippen molar-refractivity contribution in [3.05, 3.63) is 88.4 Å². The van der Waals surface area contributed by atoms with Gasteiger partial charge in [-0.2, -0.15) is 0 Å². The fourth-order valence-corrected chi connectivity index (χ4v) is 6.88. The zero-order valence-corrected chi connectivity index (χ0v) is 26.7. The number of amides is 2. The highest BCUT2D eigenvalue weighted by Gasteiger charge is 2.34. The molecule has 0 saturated heterocycles. The number of hydrogen-bond donors (Lipinski definition) is 1. The van der Waals surface area contributed by atoms with Gasteiger partial charge in [0.15, 0.2) is 0 Å². The van der Waals surface area contributed by atoms with Crippen LogP contribution in [0.1, 0.15) is 51.5 Å². The maximum atomic E-state index is 14.2. The summed E-state index contributed by atoms with van der Waals surface area (Å²) in [6.45, 7) is 3.72. The molecule has 0 unspecified atom stereocenters. The SMILES string of the molecule is CCOc1ccc(N(CC(=O)N(Cc2ccc(Cl)cc2)[C@@H](CC)C(=O)NC2CCCC2)S(=O)(=O)c2ccc(Cl)cc2)cc1. The van der Waals surface area contributed by atoms with Crippen LogP contribution in [0.3, 0.4) is 0 Å². The van der Waals surface area contributed by atoms with Crippen LogP contribution in [0.2, 0.25) is 10.0 Å². The molecule has 2 amide bonds. The van der Waals surface area contributed by atoms with Crippen LogP contribution in [-0.2, 0) is 26.2 Å². The van der Waals surface area contributed by atoms with Crippen LogP contribution in [0.4, 0.5) is 5.69 Å². The first kappa shape index (κ1) is 32.6. The van der Waals surface area contributed by atoms with E-state index < -0.39 is 28.5 Å². The molecule has 3 aromatic rings. The molecule has 1 atom stereocenters. The molecule has 0 aliphatic heterocycles. The highest BCUT2D eigenvalue weighted by molar-refractivity contribution is 7.92. The third-order valence-electron chi connectivity index (χ3n) is 7.47. The van der Waals surface area contributed by atoms with E-state index in [0.29, 0.717) is 28.8 Å². The van der Waals surface area contributed by atoms with Gasteiger partial charge in [-0.05, 0) is 92.4 Å². The minimum absolute atomic E-state index is 0.0196. The van der Waals surface area contributed by atoms with E-state index in [1.165, 1.54) is 29.2 Å². The first-order chi connectivity index (χ1) is 20.6. The summed E-state index contributed by atoms with van der Waals surface area (Å²) in [7, 11) is -4.21. The average Bonchev–Trinajstić information content (AvgIpc) is 3.50. The number of carbonyl (C=O) groups excluding carboxylic acids is 2. The Bertz CT molecular complexity index is 1480. The number of benzene rings is 3. The minimum atomic E-state index is -4.21. The maximum absolute atomic E-state index is 14.2. The number of sulfonamides is 1. The molecule has 11 heteroatoms. The van der Waals surface area contributed by atoms with E-state index in [-0.39, 0.29) is 29.1 Å². The molecule has 8 nitrogen and oxygen atoms in total. The fourth-order valence-electron chi connectivity index (χ4n) is 5.21. The molecule has 230 valence electrons. The summed E-state index contributed by atoms with van der Waals surface area (Å²) < 4.78 is 34.6. The molecule has 1 saturated carbocycles. The van der Waals surface area contributed by atoms with Gasteiger partial charge in [-0.15, -0.1) is 0 Å². The number of nitrogens with zero attached hydrogens (tertiary/aromatic N) is 2. The van der Waals surface area contributed by atoms with E-state index in [2.05, 4.69) is 5.32 Å². The highest BCUT2D eigenvalue weighted by Crippen LogP contribution is 2.28. The van der Waals surface area contributed by atoms with Crippen LogP contribution < -0.4 is 14.4 Å². The number of nitrogens with one attached hydrogen (secondary N) is 1.